The van der Waals surface area contributed by atoms with Gasteiger partial charge in [-0.15, -0.1) is 11.3 Å². The topological polar surface area (TPSA) is 12.9 Å². The van der Waals surface area contributed by atoms with E-state index in [-0.39, 0.29) is 0 Å². The first kappa shape index (κ1) is 6.31. The van der Waals surface area contributed by atoms with Crippen molar-refractivity contribution in [1.82, 2.24) is 4.98 Å². The number of nitrogens with zero attached hydrogens (tertiary/aromatic N) is 1. The smallest absolute Gasteiger partial charge is 0.0810 e. The molecule has 0 saturated heterocycles. The lowest BCUT2D eigenvalue weighted by molar-refractivity contribution is 1.40. The Labute approximate surface area is 70.8 Å². The molecule has 2 heterocycles. The van der Waals surface area contributed by atoms with Crippen molar-refractivity contribution in [1.29, 1.82) is 0 Å². The van der Waals surface area contributed by atoms with E-state index in [0.29, 0.717) is 0 Å². The van der Waals surface area contributed by atoms with Gasteiger partial charge in [0.1, 0.15) is 0 Å². The van der Waals surface area contributed by atoms with Crippen molar-refractivity contribution in [3.05, 3.63) is 28.2 Å². The van der Waals surface area contributed by atoms with E-state index in [9.17, 15) is 0 Å². The highest BCUT2D eigenvalue weighted by Gasteiger charge is 1.94. The van der Waals surface area contributed by atoms with Crippen LogP contribution < -0.4 is 0 Å². The van der Waals surface area contributed by atoms with Gasteiger partial charge in [0.15, 0.2) is 0 Å². The van der Waals surface area contributed by atoms with Gasteiger partial charge in [0.25, 0.3) is 0 Å². The highest BCUT2D eigenvalue weighted by molar-refractivity contribution is 9.10. The Hall–Kier alpha value is -0.410. The third kappa shape index (κ3) is 0.954. The molecule has 0 saturated carbocycles. The van der Waals surface area contributed by atoms with Crippen LogP contribution in [0.1, 0.15) is 0 Å². The maximum atomic E-state index is 4.20. The second-order valence-electron chi connectivity index (χ2n) is 1.96. The summed E-state index contributed by atoms with van der Waals surface area (Å²) in [5, 5.41) is 2.05. The van der Waals surface area contributed by atoms with Gasteiger partial charge in [0, 0.05) is 10.7 Å². The maximum Gasteiger partial charge on any atom is 0.0810 e. The molecule has 1 nitrogen and oxygen atoms in total. The summed E-state index contributed by atoms with van der Waals surface area (Å²) < 4.78 is 2.27. The Bertz CT molecular complexity index is 355. The van der Waals surface area contributed by atoms with Crippen molar-refractivity contribution < 1.29 is 0 Å². The third-order valence-corrected chi connectivity index (χ3v) is 2.56. The van der Waals surface area contributed by atoms with Crippen molar-refractivity contribution in [2.45, 2.75) is 0 Å². The summed E-state index contributed by atoms with van der Waals surface area (Å²) in [5.41, 5.74) is 1.08. The molecule has 0 aliphatic rings. The number of pyridine rings is 1. The second kappa shape index (κ2) is 2.32. The lowest BCUT2D eigenvalue weighted by Gasteiger charge is -1.87. The maximum absolute atomic E-state index is 4.20. The van der Waals surface area contributed by atoms with E-state index in [1.54, 1.807) is 11.3 Å². The predicted molar refractivity (Wildman–Crippen MR) is 47.3 cm³/mol. The summed E-state index contributed by atoms with van der Waals surface area (Å²) in [5.74, 6) is 0. The number of fused-ring (bicyclic) bond motifs is 1. The van der Waals surface area contributed by atoms with Crippen molar-refractivity contribution >= 4 is 37.5 Å². The molecule has 0 aliphatic carbocycles. The number of thiophene rings is 1. The van der Waals surface area contributed by atoms with Gasteiger partial charge >= 0.3 is 0 Å². The van der Waals surface area contributed by atoms with Crippen LogP contribution in [0.25, 0.3) is 10.2 Å². The van der Waals surface area contributed by atoms with Crippen LogP contribution in [0.2, 0.25) is 0 Å². The van der Waals surface area contributed by atoms with Crippen molar-refractivity contribution in [3.63, 3.8) is 0 Å². The molecule has 0 N–H and O–H groups in total. The number of hydrogen-bond donors (Lipinski definition) is 0. The number of rotatable bonds is 0. The Morgan fingerprint density at radius 3 is 3.30 bits per heavy atom. The van der Waals surface area contributed by atoms with E-state index in [2.05, 4.69) is 27.0 Å². The Morgan fingerprint density at radius 2 is 2.40 bits per heavy atom. The molecule has 0 radical (unpaired) electrons. The second-order valence-corrected chi connectivity index (χ2v) is 3.82. The van der Waals surface area contributed by atoms with E-state index in [1.165, 1.54) is 4.70 Å². The van der Waals surface area contributed by atoms with E-state index in [0.717, 1.165) is 9.99 Å². The van der Waals surface area contributed by atoms with Gasteiger partial charge in [0.05, 0.1) is 10.2 Å². The first-order valence-corrected chi connectivity index (χ1v) is 4.52. The number of halogens is 1. The molecule has 0 aromatic carbocycles. The van der Waals surface area contributed by atoms with Crippen molar-refractivity contribution in [2.24, 2.45) is 0 Å². The molecule has 50 valence electrons. The van der Waals surface area contributed by atoms with Crippen LogP contribution in [0.4, 0.5) is 0 Å². The minimum absolute atomic E-state index is 1.04. The first-order valence-electron chi connectivity index (χ1n) is 2.85. The monoisotopic (exact) mass is 213 g/mol. The molecule has 10 heavy (non-hydrogen) atoms. The van der Waals surface area contributed by atoms with Crippen LogP contribution in [0, 0.1) is 0 Å². The van der Waals surface area contributed by atoms with Crippen LogP contribution in [-0.2, 0) is 0 Å². The largest absolute Gasteiger partial charge is 0.254 e. The fourth-order valence-corrected chi connectivity index (χ4v) is 2.09. The van der Waals surface area contributed by atoms with Crippen LogP contribution in [0.15, 0.2) is 28.2 Å². The molecule has 0 bridgehead atoms. The average molecular weight is 214 g/mol. The lowest BCUT2D eigenvalue weighted by atomic mass is 10.4. The van der Waals surface area contributed by atoms with Gasteiger partial charge in [0.2, 0.25) is 0 Å². The van der Waals surface area contributed by atoms with Crippen molar-refractivity contribution in [2.75, 3.05) is 0 Å². The minimum atomic E-state index is 1.04. The lowest BCUT2D eigenvalue weighted by Crippen LogP contribution is -1.69. The van der Waals surface area contributed by atoms with Crippen LogP contribution in [0.5, 0.6) is 0 Å². The van der Waals surface area contributed by atoms with Gasteiger partial charge in [-0.1, -0.05) is 0 Å². The van der Waals surface area contributed by atoms with E-state index in [4.69, 9.17) is 0 Å². The SMILES string of the molecule is Brc1cnc2ccsc2c1. The summed E-state index contributed by atoms with van der Waals surface area (Å²) in [6.07, 6.45) is 1.81. The first-order chi connectivity index (χ1) is 4.86. The average Bonchev–Trinajstić information content (AvgIpc) is 2.33. The van der Waals surface area contributed by atoms with Crippen LogP contribution in [-0.4, -0.2) is 4.98 Å². The summed E-state index contributed by atoms with van der Waals surface area (Å²) in [7, 11) is 0. The van der Waals surface area contributed by atoms with E-state index < -0.39 is 0 Å². The third-order valence-electron chi connectivity index (χ3n) is 1.27. The molecule has 0 amide bonds. The van der Waals surface area contributed by atoms with E-state index in [1.807, 2.05) is 17.6 Å². The highest BCUT2D eigenvalue weighted by atomic mass is 79.9. The van der Waals surface area contributed by atoms with E-state index >= 15 is 0 Å². The fourth-order valence-electron chi connectivity index (χ4n) is 0.823. The molecule has 0 spiro atoms. The Morgan fingerprint density at radius 1 is 1.50 bits per heavy atom. The van der Waals surface area contributed by atoms with Gasteiger partial charge in [-0.3, -0.25) is 4.98 Å². The molecular formula is C7H4BrNS. The van der Waals surface area contributed by atoms with Gasteiger partial charge in [-0.05, 0) is 33.4 Å². The zero-order chi connectivity index (χ0) is 6.97. The molecule has 2 aromatic rings. The molecular weight excluding hydrogens is 210 g/mol. The summed E-state index contributed by atoms with van der Waals surface area (Å²) in [6, 6.07) is 4.10. The molecule has 0 aliphatic heterocycles. The molecule has 0 unspecified atom stereocenters. The van der Waals surface area contributed by atoms with Gasteiger partial charge in [-0.25, -0.2) is 0 Å². The van der Waals surface area contributed by atoms with Gasteiger partial charge in [-0.2, -0.15) is 0 Å². The fraction of sp³-hybridized carbons (Fsp3) is 0. The van der Waals surface area contributed by atoms with Crippen molar-refractivity contribution in [3.8, 4) is 0 Å². The summed E-state index contributed by atoms with van der Waals surface area (Å²) in [6.45, 7) is 0. The Balaban J connectivity index is 2.86. The molecule has 0 atom stereocenters. The quantitative estimate of drug-likeness (QED) is 0.656. The highest BCUT2D eigenvalue weighted by Crippen LogP contribution is 2.21. The normalized spacial score (nSPS) is 10.5. The number of hydrogen-bond acceptors (Lipinski definition) is 2. The van der Waals surface area contributed by atoms with Crippen LogP contribution in [0.3, 0.4) is 0 Å². The standard InChI is InChI=1S/C7H4BrNS/c8-5-3-7-6(9-4-5)1-2-10-7/h1-4H. The number of aromatic nitrogens is 1. The molecule has 0 fully saturated rings. The van der Waals surface area contributed by atoms with Crippen LogP contribution >= 0.6 is 27.3 Å². The minimum Gasteiger partial charge on any atom is -0.254 e. The molecule has 3 heteroatoms. The summed E-state index contributed by atoms with van der Waals surface area (Å²) in [4.78, 5) is 4.20. The zero-order valence-corrected chi connectivity index (χ0v) is 7.45. The molecule has 2 aromatic heterocycles. The van der Waals surface area contributed by atoms with Gasteiger partial charge < -0.3 is 0 Å². The Kier molecular flexibility index (Phi) is 1.47. The molecule has 2 rings (SSSR count). The summed E-state index contributed by atoms with van der Waals surface area (Å²) >= 11 is 5.07. The predicted octanol–water partition coefficient (Wildman–Crippen LogP) is 3.06. The zero-order valence-electron chi connectivity index (χ0n) is 5.04.